The summed E-state index contributed by atoms with van der Waals surface area (Å²) in [5.74, 6) is 1.67. The molecule has 0 aliphatic heterocycles. The standard InChI is InChI=1S/C25H25NOS2/c1-24(2)19-12-13-25(24,3)22(27)18(19)14-16-8-10-17(11-9-16)15-28-23-26-20-6-4-5-7-21(20)29-23/h4-11,14,19H,12-13,15H2,1-3H3. The van der Waals surface area contributed by atoms with Crippen LogP contribution in [0.5, 0.6) is 0 Å². The maximum atomic E-state index is 13.0. The lowest BCUT2D eigenvalue weighted by Gasteiger charge is -2.31. The molecule has 0 spiro atoms. The van der Waals surface area contributed by atoms with Crippen LogP contribution in [0.15, 0.2) is 58.4 Å². The number of benzene rings is 2. The predicted octanol–water partition coefficient (Wildman–Crippen LogP) is 7.00. The van der Waals surface area contributed by atoms with Crippen molar-refractivity contribution in [3.05, 3.63) is 65.2 Å². The lowest BCUT2D eigenvalue weighted by molar-refractivity contribution is -0.125. The number of aromatic nitrogens is 1. The topological polar surface area (TPSA) is 30.0 Å². The summed E-state index contributed by atoms with van der Waals surface area (Å²) in [5.41, 5.74) is 4.42. The molecule has 1 heterocycles. The molecule has 2 aliphatic carbocycles. The van der Waals surface area contributed by atoms with Gasteiger partial charge in [0.2, 0.25) is 0 Å². The summed E-state index contributed by atoms with van der Waals surface area (Å²) in [5, 5.41) is 0. The third-order valence-corrected chi connectivity index (χ3v) is 9.55. The second kappa shape index (κ2) is 6.82. The lowest BCUT2D eigenvalue weighted by Crippen LogP contribution is -2.32. The number of thioether (sulfide) groups is 1. The maximum Gasteiger partial charge on any atom is 0.165 e. The molecule has 0 N–H and O–H groups in total. The number of para-hydroxylation sites is 1. The Morgan fingerprint density at radius 3 is 2.59 bits per heavy atom. The Hall–Kier alpha value is -1.91. The van der Waals surface area contributed by atoms with Gasteiger partial charge in [-0.1, -0.05) is 68.9 Å². The summed E-state index contributed by atoms with van der Waals surface area (Å²) >= 11 is 3.54. The van der Waals surface area contributed by atoms with Gasteiger partial charge in [-0.2, -0.15) is 0 Å². The molecule has 0 radical (unpaired) electrons. The monoisotopic (exact) mass is 419 g/mol. The lowest BCUT2D eigenvalue weighted by atomic mass is 9.70. The molecule has 0 saturated heterocycles. The van der Waals surface area contributed by atoms with Gasteiger partial charge in [0.25, 0.3) is 0 Å². The van der Waals surface area contributed by atoms with Crippen LogP contribution in [0.25, 0.3) is 16.3 Å². The van der Waals surface area contributed by atoms with E-state index in [1.165, 1.54) is 10.3 Å². The number of rotatable bonds is 4. The molecule has 2 unspecified atom stereocenters. The summed E-state index contributed by atoms with van der Waals surface area (Å²) in [6.45, 7) is 6.70. The highest BCUT2D eigenvalue weighted by Gasteiger charge is 2.63. The number of carbonyl (C=O) groups is 1. The van der Waals surface area contributed by atoms with Gasteiger partial charge in [-0.25, -0.2) is 4.98 Å². The van der Waals surface area contributed by atoms with Crippen molar-refractivity contribution in [2.45, 2.75) is 43.7 Å². The zero-order valence-corrected chi connectivity index (χ0v) is 18.7. The normalized spacial score (nSPS) is 26.7. The summed E-state index contributed by atoms with van der Waals surface area (Å²) in [6.07, 6.45) is 4.31. The van der Waals surface area contributed by atoms with Crippen LogP contribution in [0.3, 0.4) is 0 Å². The van der Waals surface area contributed by atoms with Crippen LogP contribution in [0.4, 0.5) is 0 Å². The first-order valence-corrected chi connectivity index (χ1v) is 12.0. The molecule has 0 amide bonds. The highest BCUT2D eigenvalue weighted by Crippen LogP contribution is 2.65. The van der Waals surface area contributed by atoms with Crippen LogP contribution in [-0.4, -0.2) is 10.8 Å². The van der Waals surface area contributed by atoms with Crippen molar-refractivity contribution in [3.63, 3.8) is 0 Å². The number of hydrogen-bond acceptors (Lipinski definition) is 4. The van der Waals surface area contributed by atoms with E-state index in [2.05, 4.69) is 69.3 Å². The molecule has 29 heavy (non-hydrogen) atoms. The molecule has 148 valence electrons. The van der Waals surface area contributed by atoms with Crippen molar-refractivity contribution in [2.24, 2.45) is 16.7 Å². The van der Waals surface area contributed by atoms with Crippen molar-refractivity contribution in [2.75, 3.05) is 0 Å². The number of carbonyl (C=O) groups excluding carboxylic acids is 1. The Kier molecular flexibility index (Phi) is 4.48. The number of nitrogens with zero attached hydrogens (tertiary/aromatic N) is 1. The second-order valence-corrected chi connectivity index (χ2v) is 11.3. The van der Waals surface area contributed by atoms with E-state index in [0.717, 1.165) is 39.6 Å². The van der Waals surface area contributed by atoms with Crippen LogP contribution >= 0.6 is 23.1 Å². The van der Waals surface area contributed by atoms with E-state index in [-0.39, 0.29) is 10.8 Å². The first-order valence-electron chi connectivity index (χ1n) is 10.2. The molecule has 2 atom stereocenters. The van der Waals surface area contributed by atoms with E-state index < -0.39 is 0 Å². The molecule has 2 aliphatic rings. The van der Waals surface area contributed by atoms with Crippen molar-refractivity contribution in [3.8, 4) is 0 Å². The van der Waals surface area contributed by atoms with Crippen molar-refractivity contribution in [1.82, 2.24) is 4.98 Å². The number of hydrogen-bond donors (Lipinski definition) is 0. The fourth-order valence-corrected chi connectivity index (χ4v) is 7.07. The quantitative estimate of drug-likeness (QED) is 0.337. The zero-order chi connectivity index (χ0) is 20.2. The van der Waals surface area contributed by atoms with E-state index in [9.17, 15) is 4.79 Å². The SMILES string of the molecule is CC12CCC(C(=Cc3ccc(CSc4nc5ccccc5s4)cc3)C1=O)C2(C)C. The Morgan fingerprint density at radius 2 is 1.90 bits per heavy atom. The van der Waals surface area contributed by atoms with E-state index in [1.807, 2.05) is 6.07 Å². The Morgan fingerprint density at radius 1 is 1.14 bits per heavy atom. The van der Waals surface area contributed by atoms with Gasteiger partial charge in [0.15, 0.2) is 10.1 Å². The van der Waals surface area contributed by atoms with Crippen LogP contribution in [-0.2, 0) is 10.5 Å². The minimum absolute atomic E-state index is 0.0732. The van der Waals surface area contributed by atoms with Crippen molar-refractivity contribution < 1.29 is 4.79 Å². The second-order valence-electron chi connectivity index (χ2n) is 9.05. The smallest absolute Gasteiger partial charge is 0.165 e. The van der Waals surface area contributed by atoms with Gasteiger partial charge < -0.3 is 0 Å². The van der Waals surface area contributed by atoms with Gasteiger partial charge in [0.05, 0.1) is 10.2 Å². The van der Waals surface area contributed by atoms with Gasteiger partial charge in [-0.3, -0.25) is 4.79 Å². The largest absolute Gasteiger partial charge is 0.294 e. The predicted molar refractivity (Wildman–Crippen MR) is 123 cm³/mol. The Balaban J connectivity index is 1.31. The number of fused-ring (bicyclic) bond motifs is 3. The number of Topliss-reactive ketones (excluding diaryl/α,β-unsaturated/α-hetero) is 1. The van der Waals surface area contributed by atoms with Crippen molar-refractivity contribution in [1.29, 1.82) is 0 Å². The molecule has 5 rings (SSSR count). The minimum Gasteiger partial charge on any atom is -0.294 e. The first-order chi connectivity index (χ1) is 13.9. The fraction of sp³-hybridized carbons (Fsp3) is 0.360. The van der Waals surface area contributed by atoms with Crippen LogP contribution in [0, 0.1) is 16.7 Å². The minimum atomic E-state index is -0.183. The summed E-state index contributed by atoms with van der Waals surface area (Å²) in [6, 6.07) is 16.9. The highest BCUT2D eigenvalue weighted by molar-refractivity contribution is 8.00. The van der Waals surface area contributed by atoms with E-state index in [0.29, 0.717) is 11.7 Å². The summed E-state index contributed by atoms with van der Waals surface area (Å²) < 4.78 is 2.35. The Bertz CT molecular complexity index is 1090. The molecule has 4 heteroatoms. The molecule has 1 aromatic heterocycles. The zero-order valence-electron chi connectivity index (χ0n) is 17.1. The molecule has 2 bridgehead atoms. The van der Waals surface area contributed by atoms with Crippen LogP contribution in [0.1, 0.15) is 44.7 Å². The Labute approximate surface area is 180 Å². The fourth-order valence-electron chi connectivity index (χ4n) is 5.04. The van der Waals surface area contributed by atoms with E-state index in [4.69, 9.17) is 4.98 Å². The molecule has 2 saturated carbocycles. The van der Waals surface area contributed by atoms with E-state index >= 15 is 0 Å². The number of allylic oxidation sites excluding steroid dienone is 1. The molecule has 3 aromatic rings. The average Bonchev–Trinajstić information content (AvgIpc) is 3.27. The third kappa shape index (κ3) is 3.00. The molecule has 2 nitrogen and oxygen atoms in total. The van der Waals surface area contributed by atoms with Crippen LogP contribution < -0.4 is 0 Å². The number of ketones is 1. The van der Waals surface area contributed by atoms with Crippen LogP contribution in [0.2, 0.25) is 0 Å². The van der Waals surface area contributed by atoms with Gasteiger partial charge in [-0.05, 0) is 59.1 Å². The van der Waals surface area contributed by atoms with Gasteiger partial charge in [0, 0.05) is 11.2 Å². The third-order valence-electron chi connectivity index (χ3n) is 7.30. The van der Waals surface area contributed by atoms with Gasteiger partial charge in [-0.15, -0.1) is 11.3 Å². The molecular weight excluding hydrogens is 394 g/mol. The highest BCUT2D eigenvalue weighted by atomic mass is 32.2. The molecule has 2 aromatic carbocycles. The first kappa shape index (κ1) is 19.1. The van der Waals surface area contributed by atoms with Crippen molar-refractivity contribution >= 4 is 45.2 Å². The average molecular weight is 420 g/mol. The van der Waals surface area contributed by atoms with Gasteiger partial charge >= 0.3 is 0 Å². The van der Waals surface area contributed by atoms with Gasteiger partial charge in [0.1, 0.15) is 0 Å². The maximum absolute atomic E-state index is 13.0. The van der Waals surface area contributed by atoms with E-state index in [1.54, 1.807) is 23.1 Å². The summed E-state index contributed by atoms with van der Waals surface area (Å²) in [7, 11) is 0. The number of thiazole rings is 1. The molecular formula is C25H25NOS2. The molecule has 2 fully saturated rings. The summed E-state index contributed by atoms with van der Waals surface area (Å²) in [4.78, 5) is 17.7.